The zero-order valence-corrected chi connectivity index (χ0v) is 20.6. The molecule has 1 saturated heterocycles. The number of amides is 2. The predicted octanol–water partition coefficient (Wildman–Crippen LogP) is 4.34. The summed E-state index contributed by atoms with van der Waals surface area (Å²) >= 11 is 0. The van der Waals surface area contributed by atoms with E-state index in [0.717, 1.165) is 68.2 Å². The monoisotopic (exact) mass is 489 g/mol. The third kappa shape index (κ3) is 5.70. The standard InChI is InChI=1S/C28H32FN5O2/c1-33-8-10-34(11-9-33)28(36)20-4-2-19(3-5-20)12-27(35)32-26-15-23-13-21(6-7-22(23)17-31-26)24-14-25(29)18-30-16-24/h6-7,13-20H,2-5,8-12H2,1H3,(H,31,32,35). The molecule has 1 N–H and O–H groups in total. The summed E-state index contributed by atoms with van der Waals surface area (Å²) in [7, 11) is 2.09. The lowest BCUT2D eigenvalue weighted by molar-refractivity contribution is -0.138. The number of carbonyl (C=O) groups is 2. The summed E-state index contributed by atoms with van der Waals surface area (Å²) < 4.78 is 13.6. The van der Waals surface area contributed by atoms with E-state index in [4.69, 9.17) is 0 Å². The number of piperazine rings is 1. The van der Waals surface area contributed by atoms with Gasteiger partial charge in [-0.1, -0.05) is 12.1 Å². The van der Waals surface area contributed by atoms with Crippen molar-refractivity contribution in [3.05, 3.63) is 54.7 Å². The number of carbonyl (C=O) groups excluding carboxylic acids is 2. The highest BCUT2D eigenvalue weighted by Gasteiger charge is 2.31. The molecule has 36 heavy (non-hydrogen) atoms. The molecule has 188 valence electrons. The molecule has 7 nitrogen and oxygen atoms in total. The molecule has 1 aliphatic heterocycles. The van der Waals surface area contributed by atoms with Crippen molar-refractivity contribution in [1.29, 1.82) is 0 Å². The number of halogens is 1. The van der Waals surface area contributed by atoms with Crippen LogP contribution in [0.3, 0.4) is 0 Å². The smallest absolute Gasteiger partial charge is 0.225 e. The summed E-state index contributed by atoms with van der Waals surface area (Å²) in [5.74, 6) is 0.737. The van der Waals surface area contributed by atoms with Gasteiger partial charge in [-0.3, -0.25) is 14.6 Å². The van der Waals surface area contributed by atoms with Crippen molar-refractivity contribution in [2.24, 2.45) is 11.8 Å². The van der Waals surface area contributed by atoms with Crippen molar-refractivity contribution in [3.63, 3.8) is 0 Å². The number of rotatable bonds is 5. The molecule has 1 aromatic carbocycles. The number of hydrogen-bond donors (Lipinski definition) is 1. The zero-order valence-electron chi connectivity index (χ0n) is 20.6. The maximum Gasteiger partial charge on any atom is 0.225 e. The molecule has 0 radical (unpaired) electrons. The van der Waals surface area contributed by atoms with Crippen LogP contribution in [0.2, 0.25) is 0 Å². The first-order valence-electron chi connectivity index (χ1n) is 12.7. The third-order valence-corrected chi connectivity index (χ3v) is 7.51. The summed E-state index contributed by atoms with van der Waals surface area (Å²) in [6, 6.07) is 9.07. The molecule has 0 bridgehead atoms. The number of aromatic nitrogens is 2. The number of anilines is 1. The van der Waals surface area contributed by atoms with Gasteiger partial charge >= 0.3 is 0 Å². The normalized spacial score (nSPS) is 20.9. The molecule has 0 spiro atoms. The molecule has 3 aromatic rings. The quantitative estimate of drug-likeness (QED) is 0.577. The Morgan fingerprint density at radius 3 is 2.47 bits per heavy atom. The third-order valence-electron chi connectivity index (χ3n) is 7.51. The molecule has 2 aromatic heterocycles. The molecular weight excluding hydrogens is 457 g/mol. The molecule has 8 heteroatoms. The maximum atomic E-state index is 13.6. The van der Waals surface area contributed by atoms with Crippen molar-refractivity contribution < 1.29 is 14.0 Å². The first-order chi connectivity index (χ1) is 17.4. The SMILES string of the molecule is CN1CCN(C(=O)C2CCC(CC(=O)Nc3cc4cc(-c5cncc(F)c5)ccc4cn3)CC2)CC1. The van der Waals surface area contributed by atoms with Gasteiger partial charge in [0.1, 0.15) is 11.6 Å². The van der Waals surface area contributed by atoms with Crippen molar-refractivity contribution in [2.45, 2.75) is 32.1 Å². The van der Waals surface area contributed by atoms with E-state index in [1.165, 1.54) is 12.3 Å². The number of likely N-dealkylation sites (N-methyl/N-ethyl adjacent to an activating group) is 1. The largest absolute Gasteiger partial charge is 0.340 e. The fraction of sp³-hybridized carbons (Fsp3) is 0.429. The van der Waals surface area contributed by atoms with Gasteiger partial charge in [-0.25, -0.2) is 9.37 Å². The second kappa shape index (κ2) is 10.7. The minimum atomic E-state index is -0.381. The average molecular weight is 490 g/mol. The van der Waals surface area contributed by atoms with E-state index in [1.54, 1.807) is 12.4 Å². The van der Waals surface area contributed by atoms with Gasteiger partial charge in [0.05, 0.1) is 6.20 Å². The average Bonchev–Trinajstić information content (AvgIpc) is 2.89. The van der Waals surface area contributed by atoms with Crippen LogP contribution >= 0.6 is 0 Å². The van der Waals surface area contributed by atoms with Crippen LogP contribution in [0.4, 0.5) is 10.2 Å². The highest BCUT2D eigenvalue weighted by Crippen LogP contribution is 2.32. The van der Waals surface area contributed by atoms with Crippen molar-refractivity contribution in [2.75, 3.05) is 38.5 Å². The molecule has 2 amide bonds. The Bertz CT molecular complexity index is 1250. The van der Waals surface area contributed by atoms with Gasteiger partial charge < -0.3 is 15.1 Å². The Morgan fingerprint density at radius 2 is 1.72 bits per heavy atom. The Morgan fingerprint density at radius 1 is 0.944 bits per heavy atom. The fourth-order valence-electron chi connectivity index (χ4n) is 5.31. The van der Waals surface area contributed by atoms with Crippen molar-refractivity contribution in [3.8, 4) is 11.1 Å². The van der Waals surface area contributed by atoms with Crippen LogP contribution in [0.1, 0.15) is 32.1 Å². The molecule has 0 unspecified atom stereocenters. The second-order valence-electron chi connectivity index (χ2n) is 10.1. The molecular formula is C28H32FN5O2. The molecule has 2 aliphatic rings. The van der Waals surface area contributed by atoms with Crippen molar-refractivity contribution >= 4 is 28.4 Å². The van der Waals surface area contributed by atoms with Crippen molar-refractivity contribution in [1.82, 2.24) is 19.8 Å². The van der Waals surface area contributed by atoms with Crippen LogP contribution in [0.5, 0.6) is 0 Å². The maximum absolute atomic E-state index is 13.6. The molecule has 5 rings (SSSR count). The van der Waals surface area contributed by atoms with Gasteiger partial charge in [0.25, 0.3) is 0 Å². The number of fused-ring (bicyclic) bond motifs is 1. The van der Waals surface area contributed by atoms with E-state index in [0.29, 0.717) is 23.7 Å². The highest BCUT2D eigenvalue weighted by molar-refractivity contribution is 5.94. The fourth-order valence-corrected chi connectivity index (χ4v) is 5.31. The van der Waals surface area contributed by atoms with Gasteiger partial charge in [-0.2, -0.15) is 0 Å². The summed E-state index contributed by atoms with van der Waals surface area (Å²) in [4.78, 5) is 38.2. The van der Waals surface area contributed by atoms with E-state index < -0.39 is 0 Å². The van der Waals surface area contributed by atoms with Gasteiger partial charge in [0.2, 0.25) is 11.8 Å². The van der Waals surface area contributed by atoms with Crippen LogP contribution < -0.4 is 5.32 Å². The molecule has 1 aliphatic carbocycles. The number of nitrogens with zero attached hydrogens (tertiary/aromatic N) is 4. The Balaban J connectivity index is 1.16. The lowest BCUT2D eigenvalue weighted by Gasteiger charge is -2.36. The van der Waals surface area contributed by atoms with Crippen LogP contribution in [-0.4, -0.2) is 64.8 Å². The minimum absolute atomic E-state index is 0.0545. The van der Waals surface area contributed by atoms with Crippen LogP contribution in [0, 0.1) is 17.7 Å². The summed E-state index contributed by atoms with van der Waals surface area (Å²) in [6.45, 7) is 3.51. The molecule has 2 fully saturated rings. The second-order valence-corrected chi connectivity index (χ2v) is 10.1. The lowest BCUT2D eigenvalue weighted by atomic mass is 9.79. The van der Waals surface area contributed by atoms with E-state index in [9.17, 15) is 14.0 Å². The van der Waals surface area contributed by atoms with Crippen LogP contribution in [-0.2, 0) is 9.59 Å². The van der Waals surface area contributed by atoms with Gasteiger partial charge in [-0.05, 0) is 67.8 Å². The van der Waals surface area contributed by atoms with Gasteiger partial charge in [-0.15, -0.1) is 0 Å². The number of benzene rings is 1. The number of nitrogens with one attached hydrogen (secondary N) is 1. The first kappa shape index (κ1) is 24.3. The molecule has 0 atom stereocenters. The summed E-state index contributed by atoms with van der Waals surface area (Å²) in [5, 5.41) is 4.78. The molecule has 3 heterocycles. The summed E-state index contributed by atoms with van der Waals surface area (Å²) in [6.07, 6.45) is 8.48. The van der Waals surface area contributed by atoms with E-state index >= 15 is 0 Å². The number of hydrogen-bond acceptors (Lipinski definition) is 5. The first-order valence-corrected chi connectivity index (χ1v) is 12.7. The van der Waals surface area contributed by atoms with Crippen LogP contribution in [0.25, 0.3) is 21.9 Å². The zero-order chi connectivity index (χ0) is 25.1. The van der Waals surface area contributed by atoms with E-state index in [2.05, 4.69) is 27.2 Å². The van der Waals surface area contributed by atoms with E-state index in [1.807, 2.05) is 29.2 Å². The lowest BCUT2D eigenvalue weighted by Crippen LogP contribution is -2.49. The Hall–Kier alpha value is -3.39. The predicted molar refractivity (Wildman–Crippen MR) is 138 cm³/mol. The highest BCUT2D eigenvalue weighted by atomic mass is 19.1. The topological polar surface area (TPSA) is 78.4 Å². The minimum Gasteiger partial charge on any atom is -0.340 e. The van der Waals surface area contributed by atoms with Crippen LogP contribution in [0.15, 0.2) is 48.9 Å². The van der Waals surface area contributed by atoms with Gasteiger partial charge in [0, 0.05) is 61.9 Å². The Labute approximate surface area is 210 Å². The number of pyridine rings is 2. The summed E-state index contributed by atoms with van der Waals surface area (Å²) in [5.41, 5.74) is 1.54. The Kier molecular flexibility index (Phi) is 7.23. The van der Waals surface area contributed by atoms with E-state index in [-0.39, 0.29) is 23.6 Å². The molecule has 1 saturated carbocycles. The van der Waals surface area contributed by atoms with Gasteiger partial charge in [0.15, 0.2) is 0 Å².